The van der Waals surface area contributed by atoms with Crippen LogP contribution in [0.2, 0.25) is 5.15 Å². The first-order chi connectivity index (χ1) is 7.66. The first kappa shape index (κ1) is 11.1. The van der Waals surface area contributed by atoms with E-state index in [9.17, 15) is 4.79 Å². The maximum Gasteiger partial charge on any atom is 0.261 e. The molecule has 0 spiro atoms. The van der Waals surface area contributed by atoms with Gasteiger partial charge >= 0.3 is 0 Å². The lowest BCUT2D eigenvalue weighted by Crippen LogP contribution is -2.14. The van der Waals surface area contributed by atoms with Crippen molar-refractivity contribution in [2.24, 2.45) is 0 Å². The number of carbonyl (C=O) groups is 1. The van der Waals surface area contributed by atoms with Gasteiger partial charge in [0.25, 0.3) is 5.91 Å². The van der Waals surface area contributed by atoms with Crippen molar-refractivity contribution >= 4 is 39.4 Å². The lowest BCUT2D eigenvalue weighted by atomic mass is 10.3. The van der Waals surface area contributed by atoms with E-state index in [1.165, 1.54) is 12.4 Å². The number of aromatic nitrogens is 3. The van der Waals surface area contributed by atoms with Gasteiger partial charge < -0.3 is 4.98 Å². The van der Waals surface area contributed by atoms with Crippen LogP contribution in [0.4, 0.5) is 5.95 Å². The summed E-state index contributed by atoms with van der Waals surface area (Å²) in [6.07, 6.45) is 4.67. The Morgan fingerprint density at radius 2 is 2.31 bits per heavy atom. The van der Waals surface area contributed by atoms with Gasteiger partial charge in [0, 0.05) is 23.1 Å². The molecule has 2 N–H and O–H groups in total. The standard InChI is InChI=1S/C9H6BrClN4O/c10-5-3-6(7(11)14-4-5)8(16)15-9-12-1-2-13-9/h1-4H,(H2,12,13,15,16). The molecule has 0 unspecified atom stereocenters. The molecule has 0 fully saturated rings. The fourth-order valence-electron chi connectivity index (χ4n) is 1.09. The minimum atomic E-state index is -0.367. The summed E-state index contributed by atoms with van der Waals surface area (Å²) in [4.78, 5) is 22.2. The molecule has 5 nitrogen and oxygen atoms in total. The molecule has 0 aliphatic heterocycles. The van der Waals surface area contributed by atoms with Crippen LogP contribution in [0, 0.1) is 0 Å². The van der Waals surface area contributed by atoms with Crippen molar-refractivity contribution in [3.8, 4) is 0 Å². The summed E-state index contributed by atoms with van der Waals surface area (Å²) >= 11 is 9.03. The summed E-state index contributed by atoms with van der Waals surface area (Å²) in [7, 11) is 0. The molecule has 0 radical (unpaired) electrons. The zero-order chi connectivity index (χ0) is 11.5. The molecule has 7 heteroatoms. The summed E-state index contributed by atoms with van der Waals surface area (Å²) < 4.78 is 0.682. The Kier molecular flexibility index (Phi) is 3.21. The van der Waals surface area contributed by atoms with E-state index in [2.05, 4.69) is 36.2 Å². The predicted octanol–water partition coefficient (Wildman–Crippen LogP) is 2.47. The number of aromatic amines is 1. The normalized spacial score (nSPS) is 10.1. The summed E-state index contributed by atoms with van der Waals surface area (Å²) in [5, 5.41) is 2.70. The van der Waals surface area contributed by atoms with E-state index in [-0.39, 0.29) is 16.6 Å². The smallest absolute Gasteiger partial charge is 0.261 e. The Labute approximate surface area is 104 Å². The van der Waals surface area contributed by atoms with Crippen molar-refractivity contribution in [3.63, 3.8) is 0 Å². The summed E-state index contributed by atoms with van der Waals surface area (Å²) in [6.45, 7) is 0. The molecule has 2 rings (SSSR count). The second kappa shape index (κ2) is 4.63. The second-order valence-electron chi connectivity index (χ2n) is 2.88. The Bertz CT molecular complexity index is 514. The Hall–Kier alpha value is -1.40. The van der Waals surface area contributed by atoms with Gasteiger partial charge in [0.15, 0.2) is 0 Å². The quantitative estimate of drug-likeness (QED) is 0.837. The minimum Gasteiger partial charge on any atom is -0.331 e. The maximum absolute atomic E-state index is 11.8. The van der Waals surface area contributed by atoms with Crippen LogP contribution in [0.5, 0.6) is 0 Å². The first-order valence-corrected chi connectivity index (χ1v) is 5.45. The minimum absolute atomic E-state index is 0.146. The van der Waals surface area contributed by atoms with Gasteiger partial charge in [-0.05, 0) is 22.0 Å². The van der Waals surface area contributed by atoms with E-state index in [1.54, 1.807) is 12.3 Å². The highest BCUT2D eigenvalue weighted by atomic mass is 79.9. The average Bonchev–Trinajstić information content (AvgIpc) is 2.74. The molecular formula is C9H6BrClN4O. The lowest BCUT2D eigenvalue weighted by molar-refractivity contribution is 0.102. The van der Waals surface area contributed by atoms with Crippen LogP contribution in [-0.4, -0.2) is 20.9 Å². The van der Waals surface area contributed by atoms with Crippen molar-refractivity contribution in [3.05, 3.63) is 39.8 Å². The van der Waals surface area contributed by atoms with Gasteiger partial charge in [0.05, 0.1) is 5.56 Å². The van der Waals surface area contributed by atoms with Gasteiger partial charge in [-0.1, -0.05) is 11.6 Å². The molecule has 0 bridgehead atoms. The molecular weight excluding hydrogens is 295 g/mol. The third-order valence-electron chi connectivity index (χ3n) is 1.78. The number of nitrogens with one attached hydrogen (secondary N) is 2. The van der Waals surface area contributed by atoms with Gasteiger partial charge in [-0.15, -0.1) is 0 Å². The van der Waals surface area contributed by atoms with E-state index < -0.39 is 0 Å². The van der Waals surface area contributed by atoms with Crippen molar-refractivity contribution in [1.82, 2.24) is 15.0 Å². The summed E-state index contributed by atoms with van der Waals surface area (Å²) in [5.41, 5.74) is 0.285. The fraction of sp³-hybridized carbons (Fsp3) is 0. The fourth-order valence-corrected chi connectivity index (χ4v) is 1.61. The van der Waals surface area contributed by atoms with Crippen LogP contribution in [0.15, 0.2) is 29.1 Å². The highest BCUT2D eigenvalue weighted by Gasteiger charge is 2.12. The number of halogens is 2. The number of imidazole rings is 1. The number of hydrogen-bond donors (Lipinski definition) is 2. The number of amides is 1. The predicted molar refractivity (Wildman–Crippen MR) is 63.5 cm³/mol. The van der Waals surface area contributed by atoms with Gasteiger partial charge in [-0.3, -0.25) is 10.1 Å². The van der Waals surface area contributed by atoms with Crippen molar-refractivity contribution in [1.29, 1.82) is 0 Å². The zero-order valence-electron chi connectivity index (χ0n) is 7.87. The zero-order valence-corrected chi connectivity index (χ0v) is 10.2. The van der Waals surface area contributed by atoms with E-state index in [4.69, 9.17) is 11.6 Å². The molecule has 2 aromatic rings. The van der Waals surface area contributed by atoms with E-state index in [0.717, 1.165) is 0 Å². The van der Waals surface area contributed by atoms with Crippen LogP contribution in [-0.2, 0) is 0 Å². The van der Waals surface area contributed by atoms with E-state index in [0.29, 0.717) is 10.4 Å². The van der Waals surface area contributed by atoms with Crippen molar-refractivity contribution < 1.29 is 4.79 Å². The molecule has 16 heavy (non-hydrogen) atoms. The van der Waals surface area contributed by atoms with Crippen LogP contribution in [0.3, 0.4) is 0 Å². The van der Waals surface area contributed by atoms with Gasteiger partial charge in [0.1, 0.15) is 5.15 Å². The highest BCUT2D eigenvalue weighted by molar-refractivity contribution is 9.10. The number of pyridine rings is 1. The van der Waals surface area contributed by atoms with Crippen LogP contribution in [0.25, 0.3) is 0 Å². The SMILES string of the molecule is O=C(Nc1ncc[nH]1)c1cc(Br)cnc1Cl. The number of nitrogens with zero attached hydrogens (tertiary/aromatic N) is 2. The van der Waals surface area contributed by atoms with Crippen LogP contribution < -0.4 is 5.32 Å². The monoisotopic (exact) mass is 300 g/mol. The highest BCUT2D eigenvalue weighted by Crippen LogP contribution is 2.18. The summed E-state index contributed by atoms with van der Waals surface area (Å²) in [5.74, 6) is -0.00482. The molecule has 0 aliphatic rings. The number of carbonyl (C=O) groups excluding carboxylic acids is 1. The van der Waals surface area contributed by atoms with Gasteiger partial charge in [0.2, 0.25) is 5.95 Å². The average molecular weight is 302 g/mol. The second-order valence-corrected chi connectivity index (χ2v) is 4.16. The number of anilines is 1. The topological polar surface area (TPSA) is 70.7 Å². The molecule has 2 heterocycles. The Balaban J connectivity index is 2.24. The number of H-pyrrole nitrogens is 1. The maximum atomic E-state index is 11.8. The Morgan fingerprint density at radius 3 is 3.00 bits per heavy atom. The molecule has 0 saturated heterocycles. The Morgan fingerprint density at radius 1 is 1.50 bits per heavy atom. The van der Waals surface area contributed by atoms with Crippen LogP contribution in [0.1, 0.15) is 10.4 Å². The van der Waals surface area contributed by atoms with E-state index in [1.807, 2.05) is 0 Å². The molecule has 82 valence electrons. The van der Waals surface area contributed by atoms with Crippen LogP contribution >= 0.6 is 27.5 Å². The summed E-state index contributed by atoms with van der Waals surface area (Å²) in [6, 6.07) is 1.59. The molecule has 0 saturated carbocycles. The van der Waals surface area contributed by atoms with Gasteiger partial charge in [-0.25, -0.2) is 9.97 Å². The molecule has 0 atom stereocenters. The van der Waals surface area contributed by atoms with Crippen molar-refractivity contribution in [2.75, 3.05) is 5.32 Å². The molecule has 0 aromatic carbocycles. The van der Waals surface area contributed by atoms with E-state index >= 15 is 0 Å². The van der Waals surface area contributed by atoms with Crippen molar-refractivity contribution in [2.45, 2.75) is 0 Å². The lowest BCUT2D eigenvalue weighted by Gasteiger charge is -2.03. The number of hydrogen-bond acceptors (Lipinski definition) is 3. The molecule has 0 aliphatic carbocycles. The third kappa shape index (κ3) is 2.40. The molecule has 2 aromatic heterocycles. The molecule has 1 amide bonds. The van der Waals surface area contributed by atoms with Gasteiger partial charge in [-0.2, -0.15) is 0 Å². The first-order valence-electron chi connectivity index (χ1n) is 4.28. The third-order valence-corrected chi connectivity index (χ3v) is 2.52. The number of rotatable bonds is 2. The largest absolute Gasteiger partial charge is 0.331 e.